The van der Waals surface area contributed by atoms with Crippen molar-refractivity contribution in [2.24, 2.45) is 0 Å². The van der Waals surface area contributed by atoms with Crippen LogP contribution in [0.15, 0.2) is 36.7 Å². The molecule has 1 aliphatic rings. The number of thiazole rings is 1. The van der Waals surface area contributed by atoms with Crippen molar-refractivity contribution in [3.8, 4) is 0 Å². The number of carbonyl (C=O) groups excluding carboxylic acids is 1. The fourth-order valence-electron chi connectivity index (χ4n) is 2.93. The van der Waals surface area contributed by atoms with E-state index in [0.717, 1.165) is 24.1 Å². The fraction of sp³-hybridized carbons (Fsp3) is 0.312. The van der Waals surface area contributed by atoms with Crippen LogP contribution in [0.5, 0.6) is 0 Å². The van der Waals surface area contributed by atoms with E-state index < -0.39 is 6.04 Å². The molecule has 0 saturated carbocycles. The van der Waals surface area contributed by atoms with Gasteiger partial charge in [0.15, 0.2) is 11.2 Å². The monoisotopic (exact) mass is 340 g/mol. The highest BCUT2D eigenvalue weighted by molar-refractivity contribution is 7.15. The standard InChI is InChI=1S/C16H16N6OS/c23-15(19-16-18-12-8-4-5-9-13(12)24-16)14(22-10-17-20-21-22)11-6-2-1-3-7-11/h1-3,6-7,10,14H,4-5,8-9H2,(H,18,19,23). The predicted molar refractivity (Wildman–Crippen MR) is 89.8 cm³/mol. The molecule has 0 saturated heterocycles. The lowest BCUT2D eigenvalue weighted by atomic mass is 10.0. The highest BCUT2D eigenvalue weighted by Gasteiger charge is 2.25. The molecule has 7 nitrogen and oxygen atoms in total. The van der Waals surface area contributed by atoms with Crippen LogP contribution < -0.4 is 5.32 Å². The fourth-order valence-corrected chi connectivity index (χ4v) is 3.98. The van der Waals surface area contributed by atoms with Crippen molar-refractivity contribution in [2.75, 3.05) is 5.32 Å². The van der Waals surface area contributed by atoms with E-state index in [1.807, 2.05) is 30.3 Å². The van der Waals surface area contributed by atoms with Crippen molar-refractivity contribution < 1.29 is 4.79 Å². The Hall–Kier alpha value is -2.61. The number of amides is 1. The number of hydrogen-bond donors (Lipinski definition) is 1. The summed E-state index contributed by atoms with van der Waals surface area (Å²) in [5, 5.41) is 14.8. The number of tetrazole rings is 1. The second-order valence-electron chi connectivity index (χ2n) is 5.69. The first-order chi connectivity index (χ1) is 11.8. The van der Waals surface area contributed by atoms with Gasteiger partial charge < -0.3 is 0 Å². The highest BCUT2D eigenvalue weighted by atomic mass is 32.1. The molecule has 24 heavy (non-hydrogen) atoms. The Morgan fingerprint density at radius 2 is 2.04 bits per heavy atom. The van der Waals surface area contributed by atoms with Gasteiger partial charge in [-0.15, -0.1) is 16.4 Å². The second-order valence-corrected chi connectivity index (χ2v) is 6.77. The molecule has 1 N–H and O–H groups in total. The van der Waals surface area contributed by atoms with Gasteiger partial charge in [-0.1, -0.05) is 30.3 Å². The SMILES string of the molecule is O=C(Nc1nc2c(s1)CCCC2)C(c1ccccc1)n1cnnn1. The Kier molecular flexibility index (Phi) is 4.04. The molecular formula is C16H16N6OS. The molecule has 0 radical (unpaired) electrons. The van der Waals surface area contributed by atoms with Crippen LogP contribution in [0.25, 0.3) is 0 Å². The van der Waals surface area contributed by atoms with Crippen LogP contribution in [0.4, 0.5) is 5.13 Å². The molecule has 4 rings (SSSR count). The third-order valence-electron chi connectivity index (χ3n) is 4.07. The molecular weight excluding hydrogens is 324 g/mol. The summed E-state index contributed by atoms with van der Waals surface area (Å²) in [6.45, 7) is 0. The zero-order chi connectivity index (χ0) is 16.4. The summed E-state index contributed by atoms with van der Waals surface area (Å²) in [6, 6.07) is 8.84. The first-order valence-corrected chi connectivity index (χ1v) is 8.70. The molecule has 2 heterocycles. The largest absolute Gasteiger partial charge is 0.300 e. The minimum atomic E-state index is -0.623. The summed E-state index contributed by atoms with van der Waals surface area (Å²) in [5.41, 5.74) is 1.95. The molecule has 8 heteroatoms. The number of nitrogens with zero attached hydrogens (tertiary/aromatic N) is 5. The molecule has 0 fully saturated rings. The molecule has 1 amide bonds. The van der Waals surface area contributed by atoms with Gasteiger partial charge in [-0.05, 0) is 41.7 Å². The Morgan fingerprint density at radius 3 is 2.79 bits per heavy atom. The van der Waals surface area contributed by atoms with Gasteiger partial charge in [-0.25, -0.2) is 9.67 Å². The highest BCUT2D eigenvalue weighted by Crippen LogP contribution is 2.30. The average Bonchev–Trinajstić information content (AvgIpc) is 3.25. The van der Waals surface area contributed by atoms with Gasteiger partial charge in [0.2, 0.25) is 0 Å². The summed E-state index contributed by atoms with van der Waals surface area (Å²) in [4.78, 5) is 18.7. The molecule has 2 aromatic heterocycles. The Balaban J connectivity index is 1.61. The van der Waals surface area contributed by atoms with Gasteiger partial charge >= 0.3 is 0 Å². The second kappa shape index (κ2) is 6.48. The summed E-state index contributed by atoms with van der Waals surface area (Å²) in [5.74, 6) is -0.195. The third kappa shape index (κ3) is 2.92. The van der Waals surface area contributed by atoms with Crippen LogP contribution in [-0.2, 0) is 17.6 Å². The maximum absolute atomic E-state index is 12.9. The first-order valence-electron chi connectivity index (χ1n) is 7.88. The summed E-state index contributed by atoms with van der Waals surface area (Å²) in [6.07, 6.45) is 5.86. The van der Waals surface area contributed by atoms with Crippen molar-refractivity contribution in [1.29, 1.82) is 0 Å². The van der Waals surface area contributed by atoms with Crippen LogP contribution >= 0.6 is 11.3 Å². The smallest absolute Gasteiger partial charge is 0.255 e. The Bertz CT molecular complexity index is 806. The van der Waals surface area contributed by atoms with E-state index in [4.69, 9.17) is 0 Å². The zero-order valence-electron chi connectivity index (χ0n) is 12.9. The quantitative estimate of drug-likeness (QED) is 0.787. The zero-order valence-corrected chi connectivity index (χ0v) is 13.7. The van der Waals surface area contributed by atoms with Crippen LogP contribution in [0, 0.1) is 0 Å². The number of hydrogen-bond acceptors (Lipinski definition) is 6. The third-order valence-corrected chi connectivity index (χ3v) is 5.14. The summed E-state index contributed by atoms with van der Waals surface area (Å²) in [7, 11) is 0. The molecule has 1 aromatic carbocycles. The summed E-state index contributed by atoms with van der Waals surface area (Å²) < 4.78 is 1.46. The van der Waals surface area contributed by atoms with E-state index in [1.165, 1.54) is 28.7 Å². The summed E-state index contributed by atoms with van der Waals surface area (Å²) >= 11 is 1.57. The molecule has 122 valence electrons. The molecule has 3 aromatic rings. The van der Waals surface area contributed by atoms with Gasteiger partial charge in [0.1, 0.15) is 6.33 Å². The number of anilines is 1. The van der Waals surface area contributed by atoms with E-state index in [-0.39, 0.29) is 5.91 Å². The number of carbonyl (C=O) groups is 1. The predicted octanol–water partition coefficient (Wildman–Crippen LogP) is 2.24. The topological polar surface area (TPSA) is 85.6 Å². The molecule has 1 aliphatic carbocycles. The number of aryl methyl sites for hydroxylation is 2. The van der Waals surface area contributed by atoms with E-state index in [9.17, 15) is 4.79 Å². The van der Waals surface area contributed by atoms with E-state index in [0.29, 0.717) is 5.13 Å². The van der Waals surface area contributed by atoms with E-state index in [1.54, 1.807) is 11.3 Å². The average molecular weight is 340 g/mol. The number of fused-ring (bicyclic) bond motifs is 1. The lowest BCUT2D eigenvalue weighted by Gasteiger charge is -2.15. The maximum Gasteiger partial charge on any atom is 0.255 e. The van der Waals surface area contributed by atoms with E-state index >= 15 is 0 Å². The molecule has 0 bridgehead atoms. The molecule has 1 atom stereocenters. The Labute approximate surface area is 142 Å². The number of nitrogens with one attached hydrogen (secondary N) is 1. The Morgan fingerprint density at radius 1 is 1.21 bits per heavy atom. The lowest BCUT2D eigenvalue weighted by Crippen LogP contribution is -2.27. The van der Waals surface area contributed by atoms with Crippen LogP contribution in [-0.4, -0.2) is 31.1 Å². The van der Waals surface area contributed by atoms with Crippen LogP contribution in [0.3, 0.4) is 0 Å². The van der Waals surface area contributed by atoms with Crippen molar-refractivity contribution in [2.45, 2.75) is 31.7 Å². The van der Waals surface area contributed by atoms with Crippen molar-refractivity contribution in [3.05, 3.63) is 52.8 Å². The van der Waals surface area contributed by atoms with Gasteiger partial charge in [-0.2, -0.15) is 0 Å². The van der Waals surface area contributed by atoms with Crippen LogP contribution in [0.2, 0.25) is 0 Å². The molecule has 0 spiro atoms. The number of benzene rings is 1. The van der Waals surface area contributed by atoms with Crippen molar-refractivity contribution >= 4 is 22.4 Å². The minimum absolute atomic E-state index is 0.195. The normalized spacial score (nSPS) is 14.8. The van der Waals surface area contributed by atoms with E-state index in [2.05, 4.69) is 25.8 Å². The number of aromatic nitrogens is 5. The van der Waals surface area contributed by atoms with Crippen LogP contribution in [0.1, 0.15) is 35.0 Å². The van der Waals surface area contributed by atoms with Crippen molar-refractivity contribution in [1.82, 2.24) is 25.2 Å². The molecule has 1 unspecified atom stereocenters. The van der Waals surface area contributed by atoms with Crippen molar-refractivity contribution in [3.63, 3.8) is 0 Å². The molecule has 0 aliphatic heterocycles. The van der Waals surface area contributed by atoms with Gasteiger partial charge in [0.05, 0.1) is 5.69 Å². The van der Waals surface area contributed by atoms with Gasteiger partial charge in [0.25, 0.3) is 5.91 Å². The van der Waals surface area contributed by atoms with Gasteiger partial charge in [-0.3, -0.25) is 10.1 Å². The lowest BCUT2D eigenvalue weighted by molar-refractivity contribution is -0.118. The number of rotatable bonds is 4. The maximum atomic E-state index is 12.9. The first kappa shape index (κ1) is 14.9. The van der Waals surface area contributed by atoms with Gasteiger partial charge in [0, 0.05) is 4.88 Å². The minimum Gasteiger partial charge on any atom is -0.300 e.